The van der Waals surface area contributed by atoms with Gasteiger partial charge in [-0.2, -0.15) is 0 Å². The van der Waals surface area contributed by atoms with Gasteiger partial charge in [0.1, 0.15) is 5.25 Å². The number of carboxylic acid groups (broad SMARTS) is 1. The summed E-state index contributed by atoms with van der Waals surface area (Å²) >= 11 is 1.40. The molecular formula is C8H17NO3S. The quantitative estimate of drug-likeness (QED) is 0.638. The Morgan fingerprint density at radius 3 is 2.69 bits per heavy atom. The van der Waals surface area contributed by atoms with Gasteiger partial charge in [-0.1, -0.05) is 6.92 Å². The molecule has 78 valence electrons. The number of methoxy groups -OCH3 is 1. The average Bonchev–Trinajstić information content (AvgIpc) is 2.04. The lowest BCUT2D eigenvalue weighted by molar-refractivity contribution is -0.137. The lowest BCUT2D eigenvalue weighted by Crippen LogP contribution is -2.25. The van der Waals surface area contributed by atoms with E-state index in [0.717, 1.165) is 6.42 Å². The van der Waals surface area contributed by atoms with Gasteiger partial charge in [-0.3, -0.25) is 4.79 Å². The van der Waals surface area contributed by atoms with Crippen LogP contribution in [-0.2, 0) is 9.53 Å². The first-order valence-electron chi connectivity index (χ1n) is 4.19. The number of carbonyl (C=O) groups is 1. The summed E-state index contributed by atoms with van der Waals surface area (Å²) in [5, 5.41) is 8.57. The van der Waals surface area contributed by atoms with E-state index in [-0.39, 0.29) is 11.9 Å². The molecule has 0 saturated heterocycles. The molecule has 0 aromatic carbocycles. The molecule has 2 unspecified atom stereocenters. The molecule has 4 nitrogen and oxygen atoms in total. The van der Waals surface area contributed by atoms with Crippen LogP contribution in [0.2, 0.25) is 0 Å². The topological polar surface area (TPSA) is 72.5 Å². The van der Waals surface area contributed by atoms with E-state index in [1.807, 2.05) is 6.92 Å². The van der Waals surface area contributed by atoms with Crippen molar-refractivity contribution in [3.05, 3.63) is 0 Å². The monoisotopic (exact) mass is 207 g/mol. The van der Waals surface area contributed by atoms with Gasteiger partial charge < -0.3 is 15.6 Å². The van der Waals surface area contributed by atoms with Crippen LogP contribution in [0.15, 0.2) is 0 Å². The molecule has 0 fully saturated rings. The summed E-state index contributed by atoms with van der Waals surface area (Å²) in [5.74, 6) is -0.823. The third-order valence-corrected chi connectivity index (χ3v) is 2.93. The molecule has 0 amide bonds. The average molecular weight is 207 g/mol. The first-order valence-corrected chi connectivity index (χ1v) is 5.13. The van der Waals surface area contributed by atoms with Gasteiger partial charge in [0.05, 0.1) is 6.61 Å². The minimum absolute atomic E-state index is 0.245. The highest BCUT2D eigenvalue weighted by atomic mass is 32.2. The molecule has 0 aliphatic carbocycles. The van der Waals surface area contributed by atoms with Gasteiger partial charge in [0, 0.05) is 12.4 Å². The highest BCUT2D eigenvalue weighted by Crippen LogP contribution is 2.20. The number of thioether (sulfide) groups is 1. The summed E-state index contributed by atoms with van der Waals surface area (Å²) in [5.41, 5.74) is 5.36. The fourth-order valence-electron chi connectivity index (χ4n) is 0.903. The van der Waals surface area contributed by atoms with Crippen molar-refractivity contribution in [2.75, 3.05) is 20.3 Å². The van der Waals surface area contributed by atoms with Crippen molar-refractivity contribution < 1.29 is 14.6 Å². The second kappa shape index (κ2) is 7.17. The van der Waals surface area contributed by atoms with Crippen molar-refractivity contribution in [1.82, 2.24) is 0 Å². The minimum Gasteiger partial charge on any atom is -0.480 e. The van der Waals surface area contributed by atoms with E-state index >= 15 is 0 Å². The lowest BCUT2D eigenvalue weighted by Gasteiger charge is -2.15. The predicted octanol–water partition coefficient (Wildman–Crippen LogP) is 0.557. The smallest absolute Gasteiger partial charge is 0.319 e. The van der Waals surface area contributed by atoms with Crippen LogP contribution in [0.4, 0.5) is 0 Å². The number of hydrogen-bond donors (Lipinski definition) is 2. The molecule has 0 aliphatic rings. The van der Waals surface area contributed by atoms with Crippen LogP contribution < -0.4 is 5.73 Å². The Labute approximate surface area is 82.8 Å². The van der Waals surface area contributed by atoms with Gasteiger partial charge in [-0.25, -0.2) is 0 Å². The molecule has 0 rings (SSSR count). The second-order valence-corrected chi connectivity index (χ2v) is 4.45. The van der Waals surface area contributed by atoms with Gasteiger partial charge in [-0.15, -0.1) is 11.8 Å². The summed E-state index contributed by atoms with van der Waals surface area (Å²) in [7, 11) is 1.50. The summed E-state index contributed by atoms with van der Waals surface area (Å²) in [6, 6.07) is 0. The van der Waals surface area contributed by atoms with Crippen LogP contribution in [0.1, 0.15) is 13.3 Å². The third-order valence-electron chi connectivity index (χ3n) is 1.56. The van der Waals surface area contributed by atoms with E-state index in [1.54, 1.807) is 0 Å². The predicted molar refractivity (Wildman–Crippen MR) is 54.0 cm³/mol. The van der Waals surface area contributed by atoms with Crippen LogP contribution in [0.5, 0.6) is 0 Å². The fourth-order valence-corrected chi connectivity index (χ4v) is 2.07. The Morgan fingerprint density at radius 2 is 2.31 bits per heavy atom. The van der Waals surface area contributed by atoms with Crippen molar-refractivity contribution in [1.29, 1.82) is 0 Å². The van der Waals surface area contributed by atoms with E-state index in [4.69, 9.17) is 15.6 Å². The summed E-state index contributed by atoms with van der Waals surface area (Å²) in [6.07, 6.45) is 0.832. The van der Waals surface area contributed by atoms with E-state index in [1.165, 1.54) is 18.9 Å². The van der Waals surface area contributed by atoms with E-state index in [0.29, 0.717) is 6.54 Å². The van der Waals surface area contributed by atoms with Crippen LogP contribution >= 0.6 is 11.8 Å². The Kier molecular flexibility index (Phi) is 7.03. The van der Waals surface area contributed by atoms with Crippen molar-refractivity contribution in [3.63, 3.8) is 0 Å². The highest BCUT2D eigenvalue weighted by molar-refractivity contribution is 8.01. The zero-order chi connectivity index (χ0) is 10.3. The minimum atomic E-state index is -0.823. The molecule has 3 N–H and O–H groups in total. The number of carboxylic acids is 1. The van der Waals surface area contributed by atoms with E-state index < -0.39 is 11.2 Å². The Bertz CT molecular complexity index is 154. The summed E-state index contributed by atoms with van der Waals surface area (Å²) < 4.78 is 4.81. The number of aliphatic carboxylic acids is 1. The molecule has 0 radical (unpaired) electrons. The van der Waals surface area contributed by atoms with E-state index in [9.17, 15) is 4.79 Å². The van der Waals surface area contributed by atoms with Crippen LogP contribution in [-0.4, -0.2) is 41.8 Å². The van der Waals surface area contributed by atoms with Crippen LogP contribution in [0.25, 0.3) is 0 Å². The van der Waals surface area contributed by atoms with Crippen molar-refractivity contribution in [2.45, 2.75) is 23.8 Å². The third kappa shape index (κ3) is 5.90. The van der Waals surface area contributed by atoms with Gasteiger partial charge in [-0.05, 0) is 13.0 Å². The molecular weight excluding hydrogens is 190 g/mol. The standard InChI is InChI=1S/C8H17NO3S/c1-6(3-4-9)13-7(5-12-2)8(10)11/h6-7H,3-5,9H2,1-2H3,(H,10,11). The normalized spacial score (nSPS) is 15.3. The number of hydrogen-bond acceptors (Lipinski definition) is 4. The molecule has 0 saturated carbocycles. The Balaban J connectivity index is 3.86. The van der Waals surface area contributed by atoms with Gasteiger partial charge in [0.25, 0.3) is 0 Å². The second-order valence-electron chi connectivity index (χ2n) is 2.81. The SMILES string of the molecule is COCC(SC(C)CCN)C(=O)O. The summed E-state index contributed by atoms with van der Waals surface area (Å²) in [4.78, 5) is 10.7. The zero-order valence-corrected chi connectivity index (χ0v) is 8.84. The maximum Gasteiger partial charge on any atom is 0.319 e. The molecule has 0 aromatic rings. The molecule has 0 spiro atoms. The molecule has 13 heavy (non-hydrogen) atoms. The largest absolute Gasteiger partial charge is 0.480 e. The highest BCUT2D eigenvalue weighted by Gasteiger charge is 2.20. The molecule has 2 atom stereocenters. The maximum atomic E-state index is 10.7. The summed E-state index contributed by atoms with van der Waals surface area (Å²) in [6.45, 7) is 2.81. The number of ether oxygens (including phenoxy) is 1. The van der Waals surface area contributed by atoms with Crippen molar-refractivity contribution in [2.24, 2.45) is 5.73 Å². The number of rotatable bonds is 7. The van der Waals surface area contributed by atoms with Gasteiger partial charge >= 0.3 is 5.97 Å². The maximum absolute atomic E-state index is 10.7. The van der Waals surface area contributed by atoms with Crippen LogP contribution in [0.3, 0.4) is 0 Å². The molecule has 0 aliphatic heterocycles. The number of nitrogens with two attached hydrogens (primary N) is 1. The molecule has 0 heterocycles. The Hall–Kier alpha value is -0.260. The fraction of sp³-hybridized carbons (Fsp3) is 0.875. The zero-order valence-electron chi connectivity index (χ0n) is 8.03. The van der Waals surface area contributed by atoms with Gasteiger partial charge in [0.2, 0.25) is 0 Å². The Morgan fingerprint density at radius 1 is 1.69 bits per heavy atom. The van der Waals surface area contributed by atoms with E-state index in [2.05, 4.69) is 0 Å². The first-order chi connectivity index (χ1) is 6.11. The molecule has 5 heteroatoms. The lowest BCUT2D eigenvalue weighted by atomic mass is 10.3. The van der Waals surface area contributed by atoms with Crippen LogP contribution in [0, 0.1) is 0 Å². The van der Waals surface area contributed by atoms with Crippen molar-refractivity contribution >= 4 is 17.7 Å². The van der Waals surface area contributed by atoms with Crippen molar-refractivity contribution in [3.8, 4) is 0 Å². The first kappa shape index (κ1) is 12.7. The molecule has 0 aromatic heterocycles. The molecule has 0 bridgehead atoms. The van der Waals surface area contributed by atoms with Gasteiger partial charge in [0.15, 0.2) is 0 Å².